The zero-order chi connectivity index (χ0) is 19.8. The number of carbonyl (C=O) groups excluding carboxylic acids is 2. The van der Waals surface area contributed by atoms with E-state index in [4.69, 9.17) is 9.47 Å². The zero-order valence-corrected chi connectivity index (χ0v) is 16.1. The number of anilines is 2. The van der Waals surface area contributed by atoms with Gasteiger partial charge in [0.25, 0.3) is 5.91 Å². The minimum absolute atomic E-state index is 0.00844. The molecule has 29 heavy (non-hydrogen) atoms. The normalized spacial score (nSPS) is 23.8. The summed E-state index contributed by atoms with van der Waals surface area (Å²) in [5.41, 5.74) is 1.59. The molecule has 2 N–H and O–H groups in total. The Labute approximate surface area is 169 Å². The molecule has 0 unspecified atom stereocenters. The molecule has 2 amide bonds. The van der Waals surface area contributed by atoms with E-state index in [0.717, 1.165) is 5.92 Å². The fraction of sp³-hybridized carbons (Fsp3) is 0.391. The molecular weight excluding hydrogens is 368 g/mol. The summed E-state index contributed by atoms with van der Waals surface area (Å²) in [6, 6.07) is 12.4. The van der Waals surface area contributed by atoms with Crippen LogP contribution in [0.15, 0.2) is 42.5 Å². The summed E-state index contributed by atoms with van der Waals surface area (Å²) in [6.07, 6.45) is 5.58. The summed E-state index contributed by atoms with van der Waals surface area (Å²) in [6.45, 7) is 0.185. The van der Waals surface area contributed by atoms with E-state index in [1.165, 1.54) is 25.7 Å². The lowest BCUT2D eigenvalue weighted by atomic mass is 9.86. The lowest BCUT2D eigenvalue weighted by Gasteiger charge is -2.21. The van der Waals surface area contributed by atoms with Crippen molar-refractivity contribution in [2.45, 2.75) is 32.1 Å². The van der Waals surface area contributed by atoms with Gasteiger partial charge in [-0.1, -0.05) is 18.6 Å². The van der Waals surface area contributed by atoms with Crippen LogP contribution in [0.4, 0.5) is 11.4 Å². The van der Waals surface area contributed by atoms with Crippen molar-refractivity contribution < 1.29 is 19.1 Å². The largest absolute Gasteiger partial charge is 0.454 e. The van der Waals surface area contributed by atoms with E-state index in [1.54, 1.807) is 36.4 Å². The molecule has 150 valence electrons. The van der Waals surface area contributed by atoms with Crippen molar-refractivity contribution in [1.29, 1.82) is 0 Å². The molecule has 2 fully saturated rings. The highest BCUT2D eigenvalue weighted by molar-refractivity contribution is 6.10. The Bertz CT molecular complexity index is 958. The molecule has 5 rings (SSSR count). The third-order valence-electron chi connectivity index (χ3n) is 6.41. The summed E-state index contributed by atoms with van der Waals surface area (Å²) < 4.78 is 10.7. The highest BCUT2D eigenvalue weighted by Crippen LogP contribution is 2.49. The van der Waals surface area contributed by atoms with Crippen molar-refractivity contribution in [3.8, 4) is 11.5 Å². The molecule has 1 aliphatic heterocycles. The van der Waals surface area contributed by atoms with Crippen LogP contribution < -0.4 is 20.1 Å². The minimum Gasteiger partial charge on any atom is -0.454 e. The minimum atomic E-state index is -0.278. The Morgan fingerprint density at radius 1 is 0.966 bits per heavy atom. The van der Waals surface area contributed by atoms with Crippen molar-refractivity contribution in [2.75, 3.05) is 17.4 Å². The van der Waals surface area contributed by atoms with Crippen LogP contribution in [0.25, 0.3) is 0 Å². The highest BCUT2D eigenvalue weighted by Gasteiger charge is 2.40. The van der Waals surface area contributed by atoms with Gasteiger partial charge in [0.2, 0.25) is 12.7 Å². The first-order valence-corrected chi connectivity index (χ1v) is 10.3. The Morgan fingerprint density at radius 2 is 1.83 bits per heavy atom. The number of hydrogen-bond donors (Lipinski definition) is 2. The molecule has 3 atom stereocenters. The number of benzene rings is 2. The predicted molar refractivity (Wildman–Crippen MR) is 109 cm³/mol. The number of hydrogen-bond acceptors (Lipinski definition) is 4. The molecule has 2 aliphatic carbocycles. The number of ether oxygens (including phenoxy) is 2. The Morgan fingerprint density at radius 3 is 2.66 bits per heavy atom. The van der Waals surface area contributed by atoms with Gasteiger partial charge in [0.1, 0.15) is 0 Å². The van der Waals surface area contributed by atoms with Gasteiger partial charge < -0.3 is 20.1 Å². The summed E-state index contributed by atoms with van der Waals surface area (Å²) >= 11 is 0. The van der Waals surface area contributed by atoms with E-state index < -0.39 is 0 Å². The third-order valence-corrected chi connectivity index (χ3v) is 6.41. The third kappa shape index (κ3) is 3.67. The number of para-hydroxylation sites is 1. The molecule has 2 aromatic rings. The molecule has 3 aliphatic rings. The summed E-state index contributed by atoms with van der Waals surface area (Å²) in [5, 5.41) is 5.83. The highest BCUT2D eigenvalue weighted by atomic mass is 16.7. The van der Waals surface area contributed by atoms with Gasteiger partial charge in [-0.15, -0.1) is 0 Å². The SMILES string of the molecule is O=C(C[C@H]1C[C@H]2CC[C@@H]1C2)Nc1ccccc1C(=O)Nc1ccc2c(c1)OCO2. The van der Waals surface area contributed by atoms with Gasteiger partial charge in [0, 0.05) is 18.2 Å². The number of rotatable bonds is 5. The quantitative estimate of drug-likeness (QED) is 0.789. The van der Waals surface area contributed by atoms with Gasteiger partial charge in [-0.3, -0.25) is 9.59 Å². The molecular formula is C23H24N2O4. The fourth-order valence-electron chi connectivity index (χ4n) is 5.03. The number of fused-ring (bicyclic) bond motifs is 3. The topological polar surface area (TPSA) is 76.7 Å². The van der Waals surface area contributed by atoms with Crippen molar-refractivity contribution in [3.63, 3.8) is 0 Å². The maximum atomic E-state index is 12.8. The second-order valence-corrected chi connectivity index (χ2v) is 8.25. The number of nitrogens with one attached hydrogen (secondary N) is 2. The van der Waals surface area contributed by atoms with Crippen molar-refractivity contribution in [3.05, 3.63) is 48.0 Å². The molecule has 0 aromatic heterocycles. The van der Waals surface area contributed by atoms with Crippen LogP contribution in [-0.2, 0) is 4.79 Å². The molecule has 0 spiro atoms. The molecule has 6 heteroatoms. The first kappa shape index (κ1) is 18.0. The fourth-order valence-corrected chi connectivity index (χ4v) is 5.03. The van der Waals surface area contributed by atoms with E-state index in [2.05, 4.69) is 10.6 Å². The van der Waals surface area contributed by atoms with Gasteiger partial charge in [-0.25, -0.2) is 0 Å². The first-order chi connectivity index (χ1) is 14.2. The van der Waals surface area contributed by atoms with E-state index in [1.807, 2.05) is 6.07 Å². The van der Waals surface area contributed by atoms with Gasteiger partial charge in [0.05, 0.1) is 11.3 Å². The van der Waals surface area contributed by atoms with Crippen LogP contribution in [-0.4, -0.2) is 18.6 Å². The lowest BCUT2D eigenvalue weighted by molar-refractivity contribution is -0.117. The van der Waals surface area contributed by atoms with Crippen LogP contribution >= 0.6 is 0 Å². The van der Waals surface area contributed by atoms with E-state index in [-0.39, 0.29) is 18.6 Å². The molecule has 1 heterocycles. The molecule has 2 aromatic carbocycles. The second-order valence-electron chi connectivity index (χ2n) is 8.25. The lowest BCUT2D eigenvalue weighted by Crippen LogP contribution is -2.22. The second kappa shape index (κ2) is 7.43. The molecule has 6 nitrogen and oxygen atoms in total. The van der Waals surface area contributed by atoms with Crippen LogP contribution in [0.1, 0.15) is 42.5 Å². The van der Waals surface area contributed by atoms with Gasteiger partial charge in [-0.2, -0.15) is 0 Å². The first-order valence-electron chi connectivity index (χ1n) is 10.3. The van der Waals surface area contributed by atoms with Crippen LogP contribution in [0.2, 0.25) is 0 Å². The smallest absolute Gasteiger partial charge is 0.257 e. The van der Waals surface area contributed by atoms with Gasteiger partial charge in [-0.05, 0) is 61.3 Å². The molecule has 0 saturated heterocycles. The maximum Gasteiger partial charge on any atom is 0.257 e. The Hall–Kier alpha value is -3.02. The van der Waals surface area contributed by atoms with Crippen LogP contribution in [0, 0.1) is 17.8 Å². The van der Waals surface area contributed by atoms with Crippen molar-refractivity contribution in [1.82, 2.24) is 0 Å². The van der Waals surface area contributed by atoms with E-state index in [9.17, 15) is 9.59 Å². The average Bonchev–Trinajstić information content (AvgIpc) is 3.44. The summed E-state index contributed by atoms with van der Waals surface area (Å²) in [7, 11) is 0. The number of amides is 2. The summed E-state index contributed by atoms with van der Waals surface area (Å²) in [4.78, 5) is 25.5. The monoisotopic (exact) mass is 392 g/mol. The number of carbonyl (C=O) groups is 2. The molecule has 2 bridgehead atoms. The standard InChI is InChI=1S/C23H24N2O4/c26-22(11-16-10-14-5-6-15(16)9-14)25-19-4-2-1-3-18(19)23(27)24-17-7-8-20-21(12-17)29-13-28-20/h1-4,7-8,12,14-16H,5-6,9-11,13H2,(H,24,27)(H,25,26)/t14-,15+,16+/m0/s1. The molecule has 0 radical (unpaired) electrons. The van der Waals surface area contributed by atoms with E-state index >= 15 is 0 Å². The average molecular weight is 392 g/mol. The van der Waals surface area contributed by atoms with Crippen LogP contribution in [0.3, 0.4) is 0 Å². The zero-order valence-electron chi connectivity index (χ0n) is 16.1. The van der Waals surface area contributed by atoms with Gasteiger partial charge >= 0.3 is 0 Å². The van der Waals surface area contributed by atoms with E-state index in [0.29, 0.717) is 46.7 Å². The Balaban J connectivity index is 1.26. The van der Waals surface area contributed by atoms with Gasteiger partial charge in [0.15, 0.2) is 11.5 Å². The van der Waals surface area contributed by atoms with Crippen LogP contribution in [0.5, 0.6) is 11.5 Å². The van der Waals surface area contributed by atoms with Crippen molar-refractivity contribution >= 4 is 23.2 Å². The Kier molecular flexibility index (Phi) is 4.62. The maximum absolute atomic E-state index is 12.8. The predicted octanol–water partition coefficient (Wildman–Crippen LogP) is 4.43. The van der Waals surface area contributed by atoms with Crippen molar-refractivity contribution in [2.24, 2.45) is 17.8 Å². The molecule has 2 saturated carbocycles. The summed E-state index contributed by atoms with van der Waals surface area (Å²) in [5.74, 6) is 2.99.